The van der Waals surface area contributed by atoms with Gasteiger partial charge < -0.3 is 10.6 Å². The maximum atomic E-state index is 13.1. The zero-order chi connectivity index (χ0) is 24.0. The molecule has 0 spiro atoms. The first-order valence-electron chi connectivity index (χ1n) is 10.4. The highest BCUT2D eigenvalue weighted by molar-refractivity contribution is 7.99. The average Bonchev–Trinajstić information content (AvgIpc) is 2.76. The highest BCUT2D eigenvalue weighted by Crippen LogP contribution is 2.33. The number of benzene rings is 2. The molecule has 0 unspecified atom stereocenters. The van der Waals surface area contributed by atoms with E-state index in [-0.39, 0.29) is 24.1 Å². The fourth-order valence-corrected chi connectivity index (χ4v) is 4.22. The number of nitrogens with zero attached hydrogens (tertiary/aromatic N) is 1. The second-order valence-electron chi connectivity index (χ2n) is 7.92. The summed E-state index contributed by atoms with van der Waals surface area (Å²) in [6.07, 6.45) is 1.91. The smallest absolute Gasteiger partial charge is 0.234 e. The standard InChI is InChI=1S/C25H25ClFN3O2S/c1-4-33-20-11-9-18(28-15-20)14-23(31)29-19-10-12-21(22(26)13-19)25(2,3)24(32)30-17-7-5-16(27)6-8-17/h5-13,15H,4,14H2,1-3H3,(H,29,31)(H,30,32). The first kappa shape index (κ1) is 24.7. The van der Waals surface area contributed by atoms with Crippen LogP contribution in [0.3, 0.4) is 0 Å². The van der Waals surface area contributed by atoms with Crippen LogP contribution in [0.2, 0.25) is 5.02 Å². The Morgan fingerprint density at radius 1 is 1.03 bits per heavy atom. The van der Waals surface area contributed by atoms with E-state index in [4.69, 9.17) is 11.6 Å². The SMILES string of the molecule is CCSc1ccc(CC(=O)Nc2ccc(C(C)(C)C(=O)Nc3ccc(F)cc3)c(Cl)c2)nc1. The fourth-order valence-electron chi connectivity index (χ4n) is 3.18. The second-order valence-corrected chi connectivity index (χ2v) is 9.67. The van der Waals surface area contributed by atoms with E-state index >= 15 is 0 Å². The van der Waals surface area contributed by atoms with Crippen molar-refractivity contribution in [1.82, 2.24) is 4.98 Å². The van der Waals surface area contributed by atoms with Crippen LogP contribution in [0, 0.1) is 5.82 Å². The van der Waals surface area contributed by atoms with E-state index in [1.807, 2.05) is 12.1 Å². The topological polar surface area (TPSA) is 71.1 Å². The van der Waals surface area contributed by atoms with Crippen LogP contribution in [0.1, 0.15) is 32.0 Å². The maximum absolute atomic E-state index is 13.1. The monoisotopic (exact) mass is 485 g/mol. The van der Waals surface area contributed by atoms with Crippen molar-refractivity contribution >= 4 is 46.6 Å². The van der Waals surface area contributed by atoms with Crippen LogP contribution in [0.25, 0.3) is 0 Å². The molecule has 0 saturated carbocycles. The summed E-state index contributed by atoms with van der Waals surface area (Å²) in [6, 6.07) is 14.4. The molecule has 0 aliphatic heterocycles. The van der Waals surface area contributed by atoms with Crippen LogP contribution >= 0.6 is 23.4 Å². The molecule has 2 aromatic carbocycles. The van der Waals surface area contributed by atoms with Gasteiger partial charge in [0, 0.05) is 33.2 Å². The Labute approximate surface area is 202 Å². The maximum Gasteiger partial charge on any atom is 0.234 e. The van der Waals surface area contributed by atoms with Crippen molar-refractivity contribution in [1.29, 1.82) is 0 Å². The minimum Gasteiger partial charge on any atom is -0.326 e. The summed E-state index contributed by atoms with van der Waals surface area (Å²) in [5, 5.41) is 5.95. The number of amides is 2. The minimum atomic E-state index is -0.962. The van der Waals surface area contributed by atoms with Crippen molar-refractivity contribution < 1.29 is 14.0 Å². The van der Waals surface area contributed by atoms with Gasteiger partial charge >= 0.3 is 0 Å². The van der Waals surface area contributed by atoms with Gasteiger partial charge in [0.25, 0.3) is 0 Å². The number of rotatable bonds is 8. The number of pyridine rings is 1. The molecule has 0 radical (unpaired) electrons. The Kier molecular flexibility index (Phi) is 8.10. The van der Waals surface area contributed by atoms with E-state index in [9.17, 15) is 14.0 Å². The molecule has 0 aliphatic carbocycles. The highest BCUT2D eigenvalue weighted by Gasteiger charge is 2.32. The van der Waals surface area contributed by atoms with Gasteiger partial charge in [-0.3, -0.25) is 14.6 Å². The van der Waals surface area contributed by atoms with Gasteiger partial charge in [0.1, 0.15) is 5.82 Å². The Balaban J connectivity index is 1.66. The van der Waals surface area contributed by atoms with Gasteiger partial charge in [-0.2, -0.15) is 0 Å². The van der Waals surface area contributed by atoms with E-state index < -0.39 is 5.41 Å². The number of thioether (sulfide) groups is 1. The van der Waals surface area contributed by atoms with Crippen LogP contribution in [0.15, 0.2) is 65.7 Å². The largest absolute Gasteiger partial charge is 0.326 e. The molecule has 2 N–H and O–H groups in total. The zero-order valence-corrected chi connectivity index (χ0v) is 20.2. The van der Waals surface area contributed by atoms with Crippen molar-refractivity contribution in [3.05, 3.63) is 82.9 Å². The number of aromatic nitrogens is 1. The molecule has 0 atom stereocenters. The summed E-state index contributed by atoms with van der Waals surface area (Å²) in [5.41, 5.74) is 1.34. The fraction of sp³-hybridized carbons (Fsp3) is 0.240. The molecular weight excluding hydrogens is 461 g/mol. The lowest BCUT2D eigenvalue weighted by Gasteiger charge is -2.25. The summed E-state index contributed by atoms with van der Waals surface area (Å²) < 4.78 is 13.1. The van der Waals surface area contributed by atoms with Crippen LogP contribution in [-0.4, -0.2) is 22.6 Å². The van der Waals surface area contributed by atoms with Crippen molar-refractivity contribution in [3.63, 3.8) is 0 Å². The second kappa shape index (κ2) is 10.8. The number of hydrogen-bond acceptors (Lipinski definition) is 4. The minimum absolute atomic E-state index is 0.141. The van der Waals surface area contributed by atoms with Gasteiger partial charge in [0.05, 0.1) is 11.8 Å². The van der Waals surface area contributed by atoms with Crippen molar-refractivity contribution in [3.8, 4) is 0 Å². The van der Waals surface area contributed by atoms with Gasteiger partial charge in [0.15, 0.2) is 0 Å². The van der Waals surface area contributed by atoms with E-state index in [0.29, 0.717) is 27.7 Å². The van der Waals surface area contributed by atoms with Crippen molar-refractivity contribution in [2.45, 2.75) is 37.5 Å². The number of carbonyl (C=O) groups excluding carboxylic acids is 2. The van der Waals surface area contributed by atoms with Crippen molar-refractivity contribution in [2.24, 2.45) is 0 Å². The first-order valence-corrected chi connectivity index (χ1v) is 11.8. The number of anilines is 2. The molecule has 3 aromatic rings. The molecule has 5 nitrogen and oxygen atoms in total. The molecule has 2 amide bonds. The van der Waals surface area contributed by atoms with Gasteiger partial charge in [0.2, 0.25) is 11.8 Å². The highest BCUT2D eigenvalue weighted by atomic mass is 35.5. The average molecular weight is 486 g/mol. The normalized spacial score (nSPS) is 11.2. The van der Waals surface area contributed by atoms with E-state index in [2.05, 4.69) is 22.5 Å². The van der Waals surface area contributed by atoms with Crippen LogP contribution in [-0.2, 0) is 21.4 Å². The Hall–Kier alpha value is -2.90. The number of nitrogens with one attached hydrogen (secondary N) is 2. The van der Waals surface area contributed by atoms with Gasteiger partial charge in [-0.1, -0.05) is 24.6 Å². The number of carbonyl (C=O) groups is 2. The predicted octanol–water partition coefficient (Wildman–Crippen LogP) is 6.08. The van der Waals surface area contributed by atoms with Gasteiger partial charge in [-0.25, -0.2) is 4.39 Å². The molecular formula is C25H25ClFN3O2S. The lowest BCUT2D eigenvalue weighted by molar-refractivity contribution is -0.120. The molecule has 0 fully saturated rings. The lowest BCUT2D eigenvalue weighted by Crippen LogP contribution is -2.35. The van der Waals surface area contributed by atoms with Gasteiger partial charge in [-0.15, -0.1) is 11.8 Å². The Morgan fingerprint density at radius 2 is 1.73 bits per heavy atom. The third-order valence-electron chi connectivity index (χ3n) is 5.05. The third-order valence-corrected chi connectivity index (χ3v) is 6.22. The van der Waals surface area contributed by atoms with Crippen LogP contribution in [0.5, 0.6) is 0 Å². The van der Waals surface area contributed by atoms with Crippen molar-refractivity contribution in [2.75, 3.05) is 16.4 Å². The first-order chi connectivity index (χ1) is 15.7. The third kappa shape index (κ3) is 6.55. The summed E-state index contributed by atoms with van der Waals surface area (Å²) in [6.45, 7) is 5.57. The summed E-state index contributed by atoms with van der Waals surface area (Å²) in [7, 11) is 0. The molecule has 33 heavy (non-hydrogen) atoms. The molecule has 1 heterocycles. The molecule has 0 bridgehead atoms. The van der Waals surface area contributed by atoms with E-state index in [1.54, 1.807) is 50.0 Å². The zero-order valence-electron chi connectivity index (χ0n) is 18.6. The molecule has 0 aliphatic rings. The Bertz CT molecular complexity index is 1140. The summed E-state index contributed by atoms with van der Waals surface area (Å²) in [4.78, 5) is 30.7. The molecule has 172 valence electrons. The van der Waals surface area contributed by atoms with Gasteiger partial charge in [-0.05, 0) is 73.7 Å². The summed E-state index contributed by atoms with van der Waals surface area (Å²) in [5.74, 6) is 0.0819. The van der Waals surface area contributed by atoms with E-state index in [1.165, 1.54) is 24.3 Å². The summed E-state index contributed by atoms with van der Waals surface area (Å²) >= 11 is 8.17. The molecule has 8 heteroatoms. The predicted molar refractivity (Wildman–Crippen MR) is 132 cm³/mol. The quantitative estimate of drug-likeness (QED) is 0.379. The van der Waals surface area contributed by atoms with Crippen LogP contribution in [0.4, 0.5) is 15.8 Å². The number of halogens is 2. The van der Waals surface area contributed by atoms with E-state index in [0.717, 1.165) is 10.6 Å². The number of hydrogen-bond donors (Lipinski definition) is 2. The molecule has 1 aromatic heterocycles. The Morgan fingerprint density at radius 3 is 2.33 bits per heavy atom. The lowest BCUT2D eigenvalue weighted by atomic mass is 9.83. The van der Waals surface area contributed by atoms with Crippen LogP contribution < -0.4 is 10.6 Å². The molecule has 0 saturated heterocycles. The molecule has 3 rings (SSSR count).